The predicted octanol–water partition coefficient (Wildman–Crippen LogP) is 0.567. The summed E-state index contributed by atoms with van der Waals surface area (Å²) in [5.74, 6) is -0.0414. The van der Waals surface area contributed by atoms with Crippen LogP contribution in [-0.2, 0) is 16.1 Å². The van der Waals surface area contributed by atoms with Gasteiger partial charge < -0.3 is 20.4 Å². The van der Waals surface area contributed by atoms with Crippen molar-refractivity contribution >= 4 is 17.8 Å². The van der Waals surface area contributed by atoms with Gasteiger partial charge in [0.1, 0.15) is 0 Å². The summed E-state index contributed by atoms with van der Waals surface area (Å²) in [5, 5.41) is 5.79. The van der Waals surface area contributed by atoms with E-state index in [-0.39, 0.29) is 17.8 Å². The van der Waals surface area contributed by atoms with Crippen LogP contribution in [0.3, 0.4) is 0 Å². The van der Waals surface area contributed by atoms with Gasteiger partial charge in [-0.1, -0.05) is 30.3 Å². The molecule has 2 heterocycles. The highest BCUT2D eigenvalue weighted by molar-refractivity contribution is 5.80. The smallest absolute Gasteiger partial charge is 0.317 e. The average Bonchev–Trinajstić information content (AvgIpc) is 2.84. The van der Waals surface area contributed by atoms with Gasteiger partial charge in [-0.05, 0) is 5.56 Å². The summed E-state index contributed by atoms with van der Waals surface area (Å²) >= 11 is 0. The fourth-order valence-electron chi connectivity index (χ4n) is 3.56. The third kappa shape index (κ3) is 4.10. The molecule has 0 aromatic heterocycles. The number of hydrogen-bond acceptors (Lipinski definition) is 3. The van der Waals surface area contributed by atoms with Crippen LogP contribution >= 0.6 is 0 Å². The second-order valence-corrected chi connectivity index (χ2v) is 6.96. The van der Waals surface area contributed by atoms with E-state index in [4.69, 9.17) is 0 Å². The lowest BCUT2D eigenvalue weighted by Gasteiger charge is -2.32. The highest BCUT2D eigenvalue weighted by atomic mass is 16.2. The quantitative estimate of drug-likeness (QED) is 0.823. The van der Waals surface area contributed by atoms with Crippen molar-refractivity contribution in [2.45, 2.75) is 19.9 Å². The Balaban J connectivity index is 1.68. The van der Waals surface area contributed by atoms with Crippen molar-refractivity contribution in [1.29, 1.82) is 0 Å². The van der Waals surface area contributed by atoms with Gasteiger partial charge >= 0.3 is 6.03 Å². The second-order valence-electron chi connectivity index (χ2n) is 6.96. The van der Waals surface area contributed by atoms with E-state index in [1.165, 1.54) is 6.92 Å². The number of hydrogen-bond donors (Lipinski definition) is 2. The molecule has 4 amide bonds. The Bertz CT molecular complexity index is 664. The van der Waals surface area contributed by atoms with Gasteiger partial charge in [0.25, 0.3) is 0 Å². The van der Waals surface area contributed by atoms with Gasteiger partial charge in [0.05, 0.1) is 0 Å². The van der Waals surface area contributed by atoms with Crippen molar-refractivity contribution in [2.24, 2.45) is 5.41 Å². The zero-order chi connectivity index (χ0) is 17.9. The van der Waals surface area contributed by atoms with Gasteiger partial charge in [0.15, 0.2) is 0 Å². The van der Waals surface area contributed by atoms with Gasteiger partial charge in [0, 0.05) is 58.0 Å². The SMILES string of the molecule is CC(=O)N1CCN(C(=O)NCc2ccccc2)C[C@]2(CNC(=O)C2)C1. The third-order valence-corrected chi connectivity index (χ3v) is 4.91. The van der Waals surface area contributed by atoms with Gasteiger partial charge in [-0.15, -0.1) is 0 Å². The topological polar surface area (TPSA) is 81.8 Å². The molecule has 7 heteroatoms. The number of carbonyl (C=O) groups is 3. The largest absolute Gasteiger partial charge is 0.355 e. The van der Waals surface area contributed by atoms with Crippen LogP contribution in [0.25, 0.3) is 0 Å². The lowest BCUT2D eigenvalue weighted by Crippen LogP contribution is -2.47. The number of benzene rings is 1. The molecule has 2 aliphatic heterocycles. The van der Waals surface area contributed by atoms with Crippen molar-refractivity contribution in [3.05, 3.63) is 35.9 Å². The van der Waals surface area contributed by atoms with Gasteiger partial charge in [0.2, 0.25) is 11.8 Å². The average molecular weight is 344 g/mol. The first-order valence-electron chi connectivity index (χ1n) is 8.56. The van der Waals surface area contributed by atoms with E-state index in [1.807, 2.05) is 30.3 Å². The molecule has 1 spiro atoms. The Kier molecular flexibility index (Phi) is 4.92. The van der Waals surface area contributed by atoms with E-state index in [1.54, 1.807) is 9.80 Å². The first-order valence-corrected chi connectivity index (χ1v) is 8.56. The van der Waals surface area contributed by atoms with E-state index in [9.17, 15) is 14.4 Å². The molecule has 0 radical (unpaired) electrons. The van der Waals surface area contributed by atoms with Crippen LogP contribution in [0.15, 0.2) is 30.3 Å². The Morgan fingerprint density at radius 1 is 1.16 bits per heavy atom. The van der Waals surface area contributed by atoms with E-state index in [0.717, 1.165) is 5.56 Å². The lowest BCUT2D eigenvalue weighted by atomic mass is 9.86. The molecule has 0 saturated carbocycles. The number of urea groups is 1. The van der Waals surface area contributed by atoms with Crippen molar-refractivity contribution in [3.8, 4) is 0 Å². The van der Waals surface area contributed by atoms with Crippen LogP contribution in [0, 0.1) is 5.41 Å². The summed E-state index contributed by atoms with van der Waals surface area (Å²) in [6.45, 7) is 4.41. The standard InChI is InChI=1S/C18H24N4O3/c1-14(23)21-7-8-22(13-18(12-21)9-16(24)20-11-18)17(25)19-10-15-5-3-2-4-6-15/h2-6H,7-13H2,1H3,(H,19,25)(H,20,24)/t18-/m1/s1. The number of nitrogens with zero attached hydrogens (tertiary/aromatic N) is 2. The van der Waals surface area contributed by atoms with Gasteiger partial charge in [-0.25, -0.2) is 4.79 Å². The van der Waals surface area contributed by atoms with Crippen LogP contribution in [0.1, 0.15) is 18.9 Å². The Morgan fingerprint density at radius 2 is 1.84 bits per heavy atom. The first-order chi connectivity index (χ1) is 12.0. The van der Waals surface area contributed by atoms with E-state index >= 15 is 0 Å². The molecule has 134 valence electrons. The minimum Gasteiger partial charge on any atom is -0.355 e. The minimum atomic E-state index is -0.399. The van der Waals surface area contributed by atoms with Crippen molar-refractivity contribution in [3.63, 3.8) is 0 Å². The molecule has 2 N–H and O–H groups in total. The zero-order valence-electron chi connectivity index (χ0n) is 14.5. The van der Waals surface area contributed by atoms with E-state index in [2.05, 4.69) is 10.6 Å². The number of nitrogens with one attached hydrogen (secondary N) is 2. The molecule has 2 saturated heterocycles. The van der Waals surface area contributed by atoms with E-state index in [0.29, 0.717) is 45.7 Å². The van der Waals surface area contributed by atoms with Crippen molar-refractivity contribution < 1.29 is 14.4 Å². The lowest BCUT2D eigenvalue weighted by molar-refractivity contribution is -0.130. The Hall–Kier alpha value is -2.57. The molecule has 1 atom stereocenters. The molecule has 7 nitrogen and oxygen atoms in total. The maximum atomic E-state index is 12.6. The number of rotatable bonds is 2. The zero-order valence-corrected chi connectivity index (χ0v) is 14.5. The van der Waals surface area contributed by atoms with Crippen LogP contribution in [-0.4, -0.2) is 60.4 Å². The van der Waals surface area contributed by atoms with Crippen LogP contribution in [0.2, 0.25) is 0 Å². The molecule has 25 heavy (non-hydrogen) atoms. The molecule has 2 fully saturated rings. The van der Waals surface area contributed by atoms with Crippen molar-refractivity contribution in [1.82, 2.24) is 20.4 Å². The van der Waals surface area contributed by atoms with Gasteiger partial charge in [-0.3, -0.25) is 9.59 Å². The fourth-order valence-corrected chi connectivity index (χ4v) is 3.56. The molecule has 2 aliphatic rings. The monoisotopic (exact) mass is 344 g/mol. The first kappa shape index (κ1) is 17.3. The highest BCUT2D eigenvalue weighted by Crippen LogP contribution is 2.30. The number of amides is 4. The molecular weight excluding hydrogens is 320 g/mol. The summed E-state index contributed by atoms with van der Waals surface area (Å²) < 4.78 is 0. The fraction of sp³-hybridized carbons (Fsp3) is 0.500. The van der Waals surface area contributed by atoms with E-state index < -0.39 is 5.41 Å². The summed E-state index contributed by atoms with van der Waals surface area (Å²) in [5.41, 5.74) is 0.632. The van der Waals surface area contributed by atoms with Crippen LogP contribution in [0.5, 0.6) is 0 Å². The number of carbonyl (C=O) groups excluding carboxylic acids is 3. The molecular formula is C18H24N4O3. The normalized spacial score (nSPS) is 23.3. The predicted molar refractivity (Wildman–Crippen MR) is 92.6 cm³/mol. The maximum absolute atomic E-state index is 12.6. The molecule has 1 aromatic carbocycles. The summed E-state index contributed by atoms with van der Waals surface area (Å²) in [6.07, 6.45) is 0.346. The minimum absolute atomic E-state index is 0.0185. The Labute approximate surface area is 147 Å². The van der Waals surface area contributed by atoms with Crippen LogP contribution < -0.4 is 10.6 Å². The molecule has 0 bridgehead atoms. The van der Waals surface area contributed by atoms with Crippen molar-refractivity contribution in [2.75, 3.05) is 32.7 Å². The van der Waals surface area contributed by atoms with Gasteiger partial charge in [-0.2, -0.15) is 0 Å². The Morgan fingerprint density at radius 3 is 2.48 bits per heavy atom. The summed E-state index contributed by atoms with van der Waals surface area (Å²) in [4.78, 5) is 39.7. The third-order valence-electron chi connectivity index (χ3n) is 4.91. The summed E-state index contributed by atoms with van der Waals surface area (Å²) in [7, 11) is 0. The molecule has 0 aliphatic carbocycles. The van der Waals surface area contributed by atoms with Crippen LogP contribution in [0.4, 0.5) is 4.79 Å². The highest BCUT2D eigenvalue weighted by Gasteiger charge is 2.44. The molecule has 0 unspecified atom stereocenters. The molecule has 1 aromatic rings. The maximum Gasteiger partial charge on any atom is 0.317 e. The molecule has 3 rings (SSSR count). The second kappa shape index (κ2) is 7.13. The summed E-state index contributed by atoms with van der Waals surface area (Å²) in [6, 6.07) is 9.56.